The van der Waals surface area contributed by atoms with Crippen molar-refractivity contribution >= 4 is 16.9 Å². The van der Waals surface area contributed by atoms with E-state index in [9.17, 15) is 4.79 Å². The topological polar surface area (TPSA) is 74.0 Å². The van der Waals surface area contributed by atoms with Gasteiger partial charge in [-0.1, -0.05) is 12.2 Å². The number of nitrogens with two attached hydrogens (primary N) is 1. The summed E-state index contributed by atoms with van der Waals surface area (Å²) in [5, 5.41) is 0. The number of allylic oxidation sites excluding steroid dienone is 1. The van der Waals surface area contributed by atoms with Gasteiger partial charge in [0.15, 0.2) is 0 Å². The molecule has 0 aliphatic rings. The summed E-state index contributed by atoms with van der Waals surface area (Å²) in [7, 11) is 0. The molecule has 5 nitrogen and oxygen atoms in total. The first-order chi connectivity index (χ1) is 7.09. The van der Waals surface area contributed by atoms with E-state index in [-0.39, 0.29) is 5.71 Å². The Balaban J connectivity index is 2.76. The van der Waals surface area contributed by atoms with Crippen molar-refractivity contribution in [2.45, 2.75) is 13.5 Å². The Hall–Kier alpha value is -2.04. The van der Waals surface area contributed by atoms with Crippen LogP contribution < -0.4 is 11.5 Å². The van der Waals surface area contributed by atoms with Crippen molar-refractivity contribution in [1.29, 1.82) is 0 Å². The molecule has 2 heterocycles. The van der Waals surface area contributed by atoms with Gasteiger partial charge in [-0.05, 0) is 13.0 Å². The van der Waals surface area contributed by atoms with Crippen LogP contribution in [0, 0.1) is 0 Å². The van der Waals surface area contributed by atoms with Gasteiger partial charge in [0.2, 0.25) is 0 Å². The zero-order valence-electron chi connectivity index (χ0n) is 8.36. The number of oxazole rings is 1. The van der Waals surface area contributed by atoms with Crippen molar-refractivity contribution in [2.75, 3.05) is 5.73 Å². The molecule has 0 amide bonds. The van der Waals surface area contributed by atoms with Crippen molar-refractivity contribution < 1.29 is 4.42 Å². The van der Waals surface area contributed by atoms with E-state index in [1.165, 1.54) is 10.8 Å². The number of aromatic nitrogens is 2. The van der Waals surface area contributed by atoms with E-state index in [4.69, 9.17) is 10.2 Å². The molecule has 0 unspecified atom stereocenters. The molecule has 2 aromatic heterocycles. The molecule has 0 aromatic carbocycles. The smallest absolute Gasteiger partial charge is 0.397 e. The maximum absolute atomic E-state index is 11.5. The molecule has 5 heteroatoms. The first-order valence-corrected chi connectivity index (χ1v) is 4.48. The molecule has 2 rings (SSSR count). The largest absolute Gasteiger partial charge is 0.421 e. The van der Waals surface area contributed by atoms with Crippen LogP contribution in [0.1, 0.15) is 6.92 Å². The van der Waals surface area contributed by atoms with Crippen LogP contribution in [0.5, 0.6) is 0 Å². The molecule has 0 saturated carbocycles. The van der Waals surface area contributed by atoms with Gasteiger partial charge in [0.1, 0.15) is 5.52 Å². The molecule has 78 valence electrons. The van der Waals surface area contributed by atoms with Crippen molar-refractivity contribution in [3.05, 3.63) is 35.0 Å². The van der Waals surface area contributed by atoms with Crippen LogP contribution in [-0.4, -0.2) is 9.55 Å². The molecule has 0 saturated heterocycles. The Morgan fingerprint density at radius 1 is 1.73 bits per heavy atom. The highest BCUT2D eigenvalue weighted by molar-refractivity contribution is 5.82. The Morgan fingerprint density at radius 3 is 3.13 bits per heavy atom. The third kappa shape index (κ3) is 1.52. The minimum absolute atomic E-state index is 0.265. The van der Waals surface area contributed by atoms with E-state index in [2.05, 4.69) is 11.6 Å². The van der Waals surface area contributed by atoms with Crippen molar-refractivity contribution in [2.24, 2.45) is 0 Å². The third-order valence-corrected chi connectivity index (χ3v) is 2.02. The minimum atomic E-state index is -0.460. The molecule has 0 spiro atoms. The second-order valence-corrected chi connectivity index (χ2v) is 3.47. The van der Waals surface area contributed by atoms with Gasteiger partial charge in [-0.15, -0.1) is 0 Å². The number of fused-ring (bicyclic) bond motifs is 1. The Bertz CT molecular complexity index is 580. The predicted molar refractivity (Wildman–Crippen MR) is 57.5 cm³/mol. The summed E-state index contributed by atoms with van der Waals surface area (Å²) >= 11 is 0. The summed E-state index contributed by atoms with van der Waals surface area (Å²) in [5.74, 6) is -0.460. The van der Waals surface area contributed by atoms with Gasteiger partial charge in [-0.25, -0.2) is 9.78 Å². The molecule has 15 heavy (non-hydrogen) atoms. The molecule has 0 atom stereocenters. The lowest BCUT2D eigenvalue weighted by atomic mass is 10.3. The zero-order chi connectivity index (χ0) is 11.0. The number of rotatable bonds is 2. The lowest BCUT2D eigenvalue weighted by Gasteiger charge is -2.01. The summed E-state index contributed by atoms with van der Waals surface area (Å²) in [6.45, 7) is 5.97. The molecule has 2 N–H and O–H groups in total. The third-order valence-electron chi connectivity index (χ3n) is 2.02. The average molecular weight is 205 g/mol. The van der Waals surface area contributed by atoms with E-state index < -0.39 is 5.76 Å². The number of hydrogen-bond donors (Lipinski definition) is 1. The first-order valence-electron chi connectivity index (χ1n) is 4.48. The molecule has 0 radical (unpaired) electrons. The number of nitrogens with zero attached hydrogens (tertiary/aromatic N) is 2. The highest BCUT2D eigenvalue weighted by atomic mass is 16.4. The summed E-state index contributed by atoms with van der Waals surface area (Å²) in [6.07, 6.45) is 1.51. The number of anilines is 1. The SMILES string of the molecule is C=C(C)Cn1c(=O)oc2nccc(N)c21. The maximum Gasteiger partial charge on any atom is 0.421 e. The van der Waals surface area contributed by atoms with Crippen LogP contribution >= 0.6 is 0 Å². The molecule has 0 aliphatic carbocycles. The fraction of sp³-hybridized carbons (Fsp3) is 0.200. The molecule has 2 aromatic rings. The van der Waals surface area contributed by atoms with Crippen LogP contribution in [0.25, 0.3) is 11.2 Å². The summed E-state index contributed by atoms with van der Waals surface area (Å²) in [4.78, 5) is 15.4. The highest BCUT2D eigenvalue weighted by Gasteiger charge is 2.12. The Morgan fingerprint density at radius 2 is 2.47 bits per heavy atom. The van der Waals surface area contributed by atoms with E-state index in [1.807, 2.05) is 6.92 Å². The lowest BCUT2D eigenvalue weighted by molar-refractivity contribution is 0.510. The van der Waals surface area contributed by atoms with E-state index in [0.717, 1.165) is 5.57 Å². The van der Waals surface area contributed by atoms with Crippen LogP contribution in [0.4, 0.5) is 5.69 Å². The van der Waals surface area contributed by atoms with E-state index >= 15 is 0 Å². The normalized spacial score (nSPS) is 10.7. The molecular weight excluding hydrogens is 194 g/mol. The molecule has 0 aliphatic heterocycles. The zero-order valence-corrected chi connectivity index (χ0v) is 8.36. The number of pyridine rings is 1. The van der Waals surface area contributed by atoms with Gasteiger partial charge < -0.3 is 10.2 Å². The van der Waals surface area contributed by atoms with Crippen molar-refractivity contribution in [1.82, 2.24) is 9.55 Å². The van der Waals surface area contributed by atoms with Crippen molar-refractivity contribution in [3.8, 4) is 0 Å². The summed E-state index contributed by atoms with van der Waals surface area (Å²) in [5.41, 5.74) is 7.88. The molecular formula is C10H11N3O2. The minimum Gasteiger partial charge on any atom is -0.397 e. The maximum atomic E-state index is 11.5. The predicted octanol–water partition coefficient (Wildman–Crippen LogP) is 1.15. The van der Waals surface area contributed by atoms with Gasteiger partial charge in [0.05, 0.1) is 12.2 Å². The second kappa shape index (κ2) is 3.27. The molecule has 0 fully saturated rings. The first kappa shape index (κ1) is 9.51. The van der Waals surface area contributed by atoms with Gasteiger partial charge in [-0.2, -0.15) is 0 Å². The molecule has 0 bridgehead atoms. The van der Waals surface area contributed by atoms with Gasteiger partial charge in [-0.3, -0.25) is 4.57 Å². The van der Waals surface area contributed by atoms with Crippen LogP contribution in [0.15, 0.2) is 33.6 Å². The van der Waals surface area contributed by atoms with Crippen LogP contribution in [-0.2, 0) is 6.54 Å². The van der Waals surface area contributed by atoms with Crippen molar-refractivity contribution in [3.63, 3.8) is 0 Å². The highest BCUT2D eigenvalue weighted by Crippen LogP contribution is 2.17. The average Bonchev–Trinajstić information content (AvgIpc) is 2.43. The van der Waals surface area contributed by atoms with Gasteiger partial charge in [0.25, 0.3) is 5.71 Å². The summed E-state index contributed by atoms with van der Waals surface area (Å²) < 4.78 is 6.39. The fourth-order valence-corrected chi connectivity index (χ4v) is 1.44. The van der Waals surface area contributed by atoms with Gasteiger partial charge in [0, 0.05) is 6.20 Å². The van der Waals surface area contributed by atoms with Crippen LogP contribution in [0.3, 0.4) is 0 Å². The second-order valence-electron chi connectivity index (χ2n) is 3.47. The summed E-state index contributed by atoms with van der Waals surface area (Å²) in [6, 6.07) is 1.63. The van der Waals surface area contributed by atoms with Crippen LogP contribution in [0.2, 0.25) is 0 Å². The van der Waals surface area contributed by atoms with E-state index in [0.29, 0.717) is 17.7 Å². The van der Waals surface area contributed by atoms with Gasteiger partial charge >= 0.3 is 5.76 Å². The number of nitrogen functional groups attached to an aromatic ring is 1. The van der Waals surface area contributed by atoms with E-state index in [1.54, 1.807) is 6.07 Å². The lowest BCUT2D eigenvalue weighted by Crippen LogP contribution is -2.15. The Kier molecular flexibility index (Phi) is 2.07. The fourth-order valence-electron chi connectivity index (χ4n) is 1.44. The quantitative estimate of drug-likeness (QED) is 0.746. The Labute approximate surface area is 85.8 Å². The standard InChI is InChI=1S/C10H11N3O2/c1-6(2)5-13-8-7(11)3-4-12-9(8)15-10(13)14/h3-4H,1,5H2,2H3,(H2,11,12). The monoisotopic (exact) mass is 205 g/mol. The number of hydrogen-bond acceptors (Lipinski definition) is 4.